The lowest BCUT2D eigenvalue weighted by Crippen LogP contribution is -2.53. The minimum Gasteiger partial charge on any atom is -0.349 e. The molecule has 1 saturated carbocycles. The van der Waals surface area contributed by atoms with Crippen molar-refractivity contribution < 1.29 is 9.59 Å². The van der Waals surface area contributed by atoms with Crippen LogP contribution in [0.3, 0.4) is 0 Å². The Labute approximate surface area is 136 Å². The second-order valence-corrected chi connectivity index (χ2v) is 6.07. The molecule has 0 spiro atoms. The van der Waals surface area contributed by atoms with E-state index < -0.39 is 5.92 Å². The molecule has 120 valence electrons. The number of carbonyl (C=O) groups excluding carboxylic acids is 2. The van der Waals surface area contributed by atoms with E-state index in [9.17, 15) is 9.59 Å². The molecular formula is C16H22ClN3O2. The lowest BCUT2D eigenvalue weighted by molar-refractivity contribution is -0.127. The predicted octanol–water partition coefficient (Wildman–Crippen LogP) is 1.92. The van der Waals surface area contributed by atoms with Gasteiger partial charge in [-0.05, 0) is 24.5 Å². The molecule has 1 aromatic rings. The van der Waals surface area contributed by atoms with E-state index in [1.165, 1.54) is 0 Å². The molecule has 1 aliphatic carbocycles. The summed E-state index contributed by atoms with van der Waals surface area (Å²) in [6.45, 7) is 0.458. The number of nitrogens with one attached hydrogen (secondary N) is 2. The summed E-state index contributed by atoms with van der Waals surface area (Å²) in [5, 5.41) is 5.95. The van der Waals surface area contributed by atoms with Crippen LogP contribution in [0.4, 0.5) is 5.69 Å². The van der Waals surface area contributed by atoms with Crippen LogP contribution in [0.15, 0.2) is 24.3 Å². The van der Waals surface area contributed by atoms with Crippen LogP contribution in [0, 0.1) is 0 Å². The summed E-state index contributed by atoms with van der Waals surface area (Å²) in [4.78, 5) is 24.5. The standard InChI is InChI=1S/C16H21N3O2.ClH/c17-10-16(7-3-4-8-16)19-15(21)12-9-14(20)18-13-6-2-1-5-11(12)13;/h1-2,5-6,12H,3-4,7-10,17H2,(H,18,20)(H,19,21);1H. The van der Waals surface area contributed by atoms with E-state index in [-0.39, 0.29) is 36.2 Å². The average Bonchev–Trinajstić information content (AvgIpc) is 2.95. The van der Waals surface area contributed by atoms with Gasteiger partial charge in [-0.1, -0.05) is 31.0 Å². The molecule has 2 amide bonds. The fourth-order valence-electron chi connectivity index (χ4n) is 3.43. The normalized spacial score (nSPS) is 22.2. The number of carbonyl (C=O) groups is 2. The van der Waals surface area contributed by atoms with Crippen molar-refractivity contribution >= 4 is 29.9 Å². The van der Waals surface area contributed by atoms with Crippen molar-refractivity contribution in [2.75, 3.05) is 11.9 Å². The number of benzene rings is 1. The topological polar surface area (TPSA) is 84.2 Å². The number of nitrogens with two attached hydrogens (primary N) is 1. The Kier molecular flexibility index (Phi) is 5.08. The first-order valence-corrected chi connectivity index (χ1v) is 7.54. The van der Waals surface area contributed by atoms with Gasteiger partial charge in [0.2, 0.25) is 11.8 Å². The number of halogens is 1. The van der Waals surface area contributed by atoms with Gasteiger partial charge in [0.1, 0.15) is 0 Å². The summed E-state index contributed by atoms with van der Waals surface area (Å²) in [5.41, 5.74) is 7.22. The molecule has 6 heteroatoms. The summed E-state index contributed by atoms with van der Waals surface area (Å²) in [5.74, 6) is -0.606. The number of anilines is 1. The molecule has 1 heterocycles. The summed E-state index contributed by atoms with van der Waals surface area (Å²) in [6.07, 6.45) is 4.24. The van der Waals surface area contributed by atoms with Crippen LogP contribution in [0.25, 0.3) is 0 Å². The molecule has 4 N–H and O–H groups in total. The van der Waals surface area contributed by atoms with Crippen molar-refractivity contribution in [3.05, 3.63) is 29.8 Å². The molecule has 0 saturated heterocycles. The van der Waals surface area contributed by atoms with Crippen LogP contribution in [0.5, 0.6) is 0 Å². The van der Waals surface area contributed by atoms with Crippen LogP contribution < -0.4 is 16.4 Å². The maximum atomic E-state index is 12.7. The van der Waals surface area contributed by atoms with E-state index in [0.29, 0.717) is 6.54 Å². The SMILES string of the molecule is Cl.NCC1(NC(=O)C2CC(=O)Nc3ccccc32)CCCC1. The second-order valence-electron chi connectivity index (χ2n) is 6.07. The highest BCUT2D eigenvalue weighted by Gasteiger charge is 2.38. The van der Waals surface area contributed by atoms with Gasteiger partial charge in [-0.2, -0.15) is 0 Å². The Morgan fingerprint density at radius 3 is 2.68 bits per heavy atom. The van der Waals surface area contributed by atoms with Crippen molar-refractivity contribution in [1.82, 2.24) is 5.32 Å². The maximum Gasteiger partial charge on any atom is 0.228 e. The van der Waals surface area contributed by atoms with Crippen LogP contribution >= 0.6 is 12.4 Å². The monoisotopic (exact) mass is 323 g/mol. The van der Waals surface area contributed by atoms with Gasteiger partial charge in [-0.3, -0.25) is 9.59 Å². The summed E-state index contributed by atoms with van der Waals surface area (Å²) < 4.78 is 0. The molecule has 22 heavy (non-hydrogen) atoms. The Bertz CT molecular complexity index is 570. The Morgan fingerprint density at radius 1 is 1.32 bits per heavy atom. The van der Waals surface area contributed by atoms with E-state index in [0.717, 1.165) is 36.9 Å². The third kappa shape index (κ3) is 3.10. The van der Waals surface area contributed by atoms with Crippen LogP contribution in [-0.2, 0) is 9.59 Å². The van der Waals surface area contributed by atoms with Gasteiger partial charge in [0.15, 0.2) is 0 Å². The Balaban J connectivity index is 0.00000176. The highest BCUT2D eigenvalue weighted by atomic mass is 35.5. The largest absolute Gasteiger partial charge is 0.349 e. The van der Waals surface area contributed by atoms with Gasteiger partial charge >= 0.3 is 0 Å². The number of hydrogen-bond donors (Lipinski definition) is 3. The van der Waals surface area contributed by atoms with E-state index >= 15 is 0 Å². The smallest absolute Gasteiger partial charge is 0.228 e. The van der Waals surface area contributed by atoms with E-state index in [4.69, 9.17) is 5.73 Å². The minimum atomic E-state index is -0.418. The molecule has 1 fully saturated rings. The highest BCUT2D eigenvalue weighted by Crippen LogP contribution is 2.34. The number of hydrogen-bond acceptors (Lipinski definition) is 3. The molecule has 3 rings (SSSR count). The molecule has 1 atom stereocenters. The van der Waals surface area contributed by atoms with Crippen molar-refractivity contribution in [3.63, 3.8) is 0 Å². The van der Waals surface area contributed by atoms with Crippen molar-refractivity contribution in [2.45, 2.75) is 43.6 Å². The zero-order valence-electron chi connectivity index (χ0n) is 12.4. The first-order chi connectivity index (χ1) is 10.1. The predicted molar refractivity (Wildman–Crippen MR) is 88.1 cm³/mol. The zero-order chi connectivity index (χ0) is 14.9. The van der Waals surface area contributed by atoms with E-state index in [2.05, 4.69) is 10.6 Å². The number of amides is 2. The van der Waals surface area contributed by atoms with Crippen LogP contribution in [0.2, 0.25) is 0 Å². The average molecular weight is 324 g/mol. The molecule has 0 radical (unpaired) electrons. The zero-order valence-corrected chi connectivity index (χ0v) is 13.2. The molecule has 0 aromatic heterocycles. The number of rotatable bonds is 3. The first kappa shape index (κ1) is 16.8. The summed E-state index contributed by atoms with van der Waals surface area (Å²) in [7, 11) is 0. The quantitative estimate of drug-likeness (QED) is 0.794. The molecule has 5 nitrogen and oxygen atoms in total. The molecule has 1 aromatic carbocycles. The van der Waals surface area contributed by atoms with Gasteiger partial charge in [0.25, 0.3) is 0 Å². The third-order valence-electron chi connectivity index (χ3n) is 4.66. The van der Waals surface area contributed by atoms with Gasteiger partial charge in [0.05, 0.1) is 11.5 Å². The van der Waals surface area contributed by atoms with Gasteiger partial charge < -0.3 is 16.4 Å². The highest BCUT2D eigenvalue weighted by molar-refractivity contribution is 6.01. The summed E-state index contributed by atoms with van der Waals surface area (Å²) in [6, 6.07) is 7.49. The molecule has 2 aliphatic rings. The summed E-state index contributed by atoms with van der Waals surface area (Å²) >= 11 is 0. The maximum absolute atomic E-state index is 12.7. The molecular weight excluding hydrogens is 302 g/mol. The van der Waals surface area contributed by atoms with Crippen molar-refractivity contribution in [2.24, 2.45) is 5.73 Å². The van der Waals surface area contributed by atoms with E-state index in [1.54, 1.807) is 0 Å². The fourth-order valence-corrected chi connectivity index (χ4v) is 3.43. The third-order valence-corrected chi connectivity index (χ3v) is 4.66. The van der Waals surface area contributed by atoms with Crippen LogP contribution in [-0.4, -0.2) is 23.9 Å². The van der Waals surface area contributed by atoms with Crippen molar-refractivity contribution in [1.29, 1.82) is 0 Å². The van der Waals surface area contributed by atoms with Crippen LogP contribution in [0.1, 0.15) is 43.6 Å². The fraction of sp³-hybridized carbons (Fsp3) is 0.500. The van der Waals surface area contributed by atoms with Gasteiger partial charge in [-0.15, -0.1) is 12.4 Å². The second kappa shape index (κ2) is 6.67. The molecule has 0 bridgehead atoms. The van der Waals surface area contributed by atoms with Crippen molar-refractivity contribution in [3.8, 4) is 0 Å². The van der Waals surface area contributed by atoms with E-state index in [1.807, 2.05) is 24.3 Å². The van der Waals surface area contributed by atoms with Gasteiger partial charge in [-0.25, -0.2) is 0 Å². The van der Waals surface area contributed by atoms with Gasteiger partial charge in [0, 0.05) is 18.7 Å². The number of para-hydroxylation sites is 1. The molecule has 1 aliphatic heterocycles. The minimum absolute atomic E-state index is 0. The number of fused-ring (bicyclic) bond motifs is 1. The lowest BCUT2D eigenvalue weighted by atomic mass is 9.88. The Hall–Kier alpha value is -1.59. The lowest BCUT2D eigenvalue weighted by Gasteiger charge is -2.32. The molecule has 1 unspecified atom stereocenters. The first-order valence-electron chi connectivity index (χ1n) is 7.54. The Morgan fingerprint density at radius 2 is 2.00 bits per heavy atom.